The number of methoxy groups -OCH3 is 1. The van der Waals surface area contributed by atoms with Crippen molar-refractivity contribution in [3.8, 4) is 16.9 Å². The van der Waals surface area contributed by atoms with Gasteiger partial charge in [-0.3, -0.25) is 9.10 Å². The lowest BCUT2D eigenvalue weighted by Gasteiger charge is -2.26. The van der Waals surface area contributed by atoms with E-state index in [1.165, 1.54) is 19.2 Å². The van der Waals surface area contributed by atoms with Gasteiger partial charge in [0.1, 0.15) is 12.3 Å². The normalized spacial score (nSPS) is 11.1. The van der Waals surface area contributed by atoms with Gasteiger partial charge < -0.3 is 9.47 Å². The number of esters is 1. The minimum atomic E-state index is -4.07. The van der Waals surface area contributed by atoms with Crippen molar-refractivity contribution >= 4 is 21.7 Å². The standard InChI is InChI=1S/C24H25NO5S/c1-4-30-24(26)17-25(31(27,28)20-14-15-23(29-3)18(2)16-20)22-13-9-8-12-21(22)19-10-6-5-7-11-19/h5-16H,4,17H2,1-3H3. The summed E-state index contributed by atoms with van der Waals surface area (Å²) in [5.74, 6) is -0.0419. The molecule has 31 heavy (non-hydrogen) atoms. The predicted molar refractivity (Wildman–Crippen MR) is 121 cm³/mol. The molecule has 0 N–H and O–H groups in total. The number of anilines is 1. The van der Waals surface area contributed by atoms with Gasteiger partial charge in [-0.05, 0) is 49.2 Å². The molecular weight excluding hydrogens is 414 g/mol. The SMILES string of the molecule is CCOC(=O)CN(c1ccccc1-c1ccccc1)S(=O)(=O)c1ccc(OC)c(C)c1. The Morgan fingerprint density at radius 2 is 1.65 bits per heavy atom. The predicted octanol–water partition coefficient (Wildman–Crippen LogP) is 4.43. The van der Waals surface area contributed by atoms with E-state index in [-0.39, 0.29) is 11.5 Å². The lowest BCUT2D eigenvalue weighted by Crippen LogP contribution is -2.37. The van der Waals surface area contributed by atoms with Gasteiger partial charge in [0, 0.05) is 5.56 Å². The quantitative estimate of drug-likeness (QED) is 0.486. The van der Waals surface area contributed by atoms with Gasteiger partial charge in [0.15, 0.2) is 0 Å². The summed E-state index contributed by atoms with van der Waals surface area (Å²) >= 11 is 0. The molecule has 0 saturated carbocycles. The lowest BCUT2D eigenvalue weighted by molar-refractivity contribution is -0.141. The number of benzene rings is 3. The molecule has 7 heteroatoms. The molecule has 0 aliphatic heterocycles. The van der Waals surface area contributed by atoms with Crippen molar-refractivity contribution in [1.82, 2.24) is 0 Å². The first-order valence-corrected chi connectivity index (χ1v) is 11.3. The van der Waals surface area contributed by atoms with Crippen LogP contribution in [0.2, 0.25) is 0 Å². The molecule has 0 unspecified atom stereocenters. The fourth-order valence-corrected chi connectivity index (χ4v) is 4.83. The Labute approximate surface area is 183 Å². The van der Waals surface area contributed by atoms with Gasteiger partial charge in [0.05, 0.1) is 24.3 Å². The van der Waals surface area contributed by atoms with Crippen molar-refractivity contribution in [2.24, 2.45) is 0 Å². The smallest absolute Gasteiger partial charge is 0.326 e. The second kappa shape index (κ2) is 9.66. The van der Waals surface area contributed by atoms with Crippen LogP contribution in [-0.4, -0.2) is 34.6 Å². The number of hydrogen-bond acceptors (Lipinski definition) is 5. The highest BCUT2D eigenvalue weighted by Gasteiger charge is 2.30. The second-order valence-electron chi connectivity index (χ2n) is 6.83. The number of para-hydroxylation sites is 1. The summed E-state index contributed by atoms with van der Waals surface area (Å²) in [7, 11) is -2.54. The topological polar surface area (TPSA) is 72.9 Å². The molecule has 0 aromatic heterocycles. The van der Waals surface area contributed by atoms with Gasteiger partial charge in [0.2, 0.25) is 0 Å². The van der Waals surface area contributed by atoms with Gasteiger partial charge >= 0.3 is 5.97 Å². The maximum atomic E-state index is 13.7. The van der Waals surface area contributed by atoms with Crippen molar-refractivity contribution in [3.05, 3.63) is 78.4 Å². The Kier molecular flexibility index (Phi) is 6.97. The first-order chi connectivity index (χ1) is 14.9. The van der Waals surface area contributed by atoms with E-state index >= 15 is 0 Å². The number of sulfonamides is 1. The van der Waals surface area contributed by atoms with E-state index in [1.54, 1.807) is 32.0 Å². The second-order valence-corrected chi connectivity index (χ2v) is 8.69. The first kappa shape index (κ1) is 22.4. The zero-order valence-corrected chi connectivity index (χ0v) is 18.6. The van der Waals surface area contributed by atoms with E-state index < -0.39 is 22.5 Å². The molecule has 0 bridgehead atoms. The molecule has 162 valence electrons. The number of hydrogen-bond donors (Lipinski definition) is 0. The molecule has 0 amide bonds. The van der Waals surface area contributed by atoms with E-state index in [0.717, 1.165) is 9.87 Å². The van der Waals surface area contributed by atoms with Gasteiger partial charge in [0.25, 0.3) is 10.0 Å². The van der Waals surface area contributed by atoms with Gasteiger partial charge in [-0.2, -0.15) is 0 Å². The highest BCUT2D eigenvalue weighted by molar-refractivity contribution is 7.92. The van der Waals surface area contributed by atoms with E-state index in [1.807, 2.05) is 42.5 Å². The summed E-state index contributed by atoms with van der Waals surface area (Å²) in [6.07, 6.45) is 0. The Balaban J connectivity index is 2.16. The van der Waals surface area contributed by atoms with Gasteiger partial charge in [-0.15, -0.1) is 0 Å². The molecule has 6 nitrogen and oxygen atoms in total. The minimum absolute atomic E-state index is 0.0676. The molecule has 3 aromatic carbocycles. The summed E-state index contributed by atoms with van der Waals surface area (Å²) in [4.78, 5) is 12.4. The van der Waals surface area contributed by atoms with Gasteiger partial charge in [-0.25, -0.2) is 8.42 Å². The van der Waals surface area contributed by atoms with Crippen molar-refractivity contribution in [3.63, 3.8) is 0 Å². The summed E-state index contributed by atoms with van der Waals surface area (Å²) in [6, 6.07) is 21.2. The zero-order valence-electron chi connectivity index (χ0n) is 17.7. The Morgan fingerprint density at radius 3 is 2.29 bits per heavy atom. The summed E-state index contributed by atoms with van der Waals surface area (Å²) in [5.41, 5.74) is 2.61. The van der Waals surface area contributed by atoms with Crippen molar-refractivity contribution < 1.29 is 22.7 Å². The van der Waals surface area contributed by atoms with E-state index in [9.17, 15) is 13.2 Å². The summed E-state index contributed by atoms with van der Waals surface area (Å²) in [6.45, 7) is 3.17. The number of carbonyl (C=O) groups is 1. The molecule has 3 aromatic rings. The van der Waals surface area contributed by atoms with Crippen molar-refractivity contribution in [2.45, 2.75) is 18.7 Å². The molecule has 0 fully saturated rings. The van der Waals surface area contributed by atoms with E-state index in [0.29, 0.717) is 22.6 Å². The average Bonchev–Trinajstić information content (AvgIpc) is 2.78. The number of nitrogens with zero attached hydrogens (tertiary/aromatic N) is 1. The minimum Gasteiger partial charge on any atom is -0.496 e. The largest absolute Gasteiger partial charge is 0.496 e. The fourth-order valence-electron chi connectivity index (χ4n) is 3.32. The number of aryl methyl sites for hydroxylation is 1. The lowest BCUT2D eigenvalue weighted by atomic mass is 10.0. The highest BCUT2D eigenvalue weighted by atomic mass is 32.2. The number of ether oxygens (including phenoxy) is 2. The molecule has 0 atom stereocenters. The molecule has 3 rings (SSSR count). The number of rotatable bonds is 8. The van der Waals surface area contributed by atoms with Crippen LogP contribution in [0.1, 0.15) is 12.5 Å². The van der Waals surface area contributed by atoms with Crippen LogP contribution in [0.5, 0.6) is 5.75 Å². The maximum absolute atomic E-state index is 13.7. The Bertz CT molecular complexity index is 1160. The molecule has 0 saturated heterocycles. The molecule has 0 aliphatic carbocycles. The van der Waals surface area contributed by atoms with Crippen LogP contribution < -0.4 is 9.04 Å². The molecule has 0 spiro atoms. The van der Waals surface area contributed by atoms with Crippen molar-refractivity contribution in [2.75, 3.05) is 24.6 Å². The van der Waals surface area contributed by atoms with Gasteiger partial charge in [-0.1, -0.05) is 48.5 Å². The van der Waals surface area contributed by atoms with Crippen LogP contribution in [0.4, 0.5) is 5.69 Å². The molecule has 0 heterocycles. The zero-order chi connectivity index (χ0) is 22.4. The molecule has 0 aliphatic rings. The number of carbonyl (C=O) groups excluding carboxylic acids is 1. The van der Waals surface area contributed by atoms with Crippen LogP contribution in [0.3, 0.4) is 0 Å². The molecule has 0 radical (unpaired) electrons. The average molecular weight is 440 g/mol. The van der Waals surface area contributed by atoms with E-state index in [2.05, 4.69) is 0 Å². The van der Waals surface area contributed by atoms with E-state index in [4.69, 9.17) is 9.47 Å². The Hall–Kier alpha value is -3.32. The maximum Gasteiger partial charge on any atom is 0.326 e. The van der Waals surface area contributed by atoms with Crippen LogP contribution in [0, 0.1) is 6.92 Å². The first-order valence-electron chi connectivity index (χ1n) is 9.86. The van der Waals surface area contributed by atoms with Crippen LogP contribution in [-0.2, 0) is 19.6 Å². The van der Waals surface area contributed by atoms with Crippen molar-refractivity contribution in [1.29, 1.82) is 0 Å². The summed E-state index contributed by atoms with van der Waals surface area (Å²) in [5, 5.41) is 0. The van der Waals surface area contributed by atoms with Crippen LogP contribution in [0.25, 0.3) is 11.1 Å². The summed E-state index contributed by atoms with van der Waals surface area (Å²) < 4.78 is 38.8. The third-order valence-electron chi connectivity index (χ3n) is 4.79. The Morgan fingerprint density at radius 1 is 0.968 bits per heavy atom. The highest BCUT2D eigenvalue weighted by Crippen LogP contribution is 2.34. The van der Waals surface area contributed by atoms with Crippen LogP contribution >= 0.6 is 0 Å². The van der Waals surface area contributed by atoms with Crippen LogP contribution in [0.15, 0.2) is 77.7 Å². The molecular formula is C24H25NO5S. The fraction of sp³-hybridized carbons (Fsp3) is 0.208. The third-order valence-corrected chi connectivity index (χ3v) is 6.55. The third kappa shape index (κ3) is 4.88. The monoisotopic (exact) mass is 439 g/mol.